The molecule has 6 heteroatoms. The Balaban J connectivity index is 1.30. The Labute approximate surface area is 186 Å². The van der Waals surface area contributed by atoms with Crippen molar-refractivity contribution in [2.75, 3.05) is 13.2 Å². The molecule has 0 saturated heterocycles. The van der Waals surface area contributed by atoms with Gasteiger partial charge in [0.05, 0.1) is 6.61 Å². The van der Waals surface area contributed by atoms with E-state index in [4.69, 9.17) is 9.47 Å². The first kappa shape index (κ1) is 21.6. The summed E-state index contributed by atoms with van der Waals surface area (Å²) in [7, 11) is 0. The number of carbonyl (C=O) groups excluding carboxylic acids is 1. The number of aliphatic carboxylic acids is 1. The van der Waals surface area contributed by atoms with E-state index in [0.717, 1.165) is 27.8 Å². The molecule has 3 aromatic carbocycles. The van der Waals surface area contributed by atoms with Crippen LogP contribution in [0.25, 0.3) is 11.1 Å². The molecule has 1 aliphatic carbocycles. The molecule has 1 aliphatic rings. The molecule has 164 valence electrons. The number of hydrogen-bond donors (Lipinski definition) is 2. The van der Waals surface area contributed by atoms with Crippen molar-refractivity contribution in [3.63, 3.8) is 0 Å². The minimum absolute atomic E-state index is 0.0781. The maximum absolute atomic E-state index is 12.4. The van der Waals surface area contributed by atoms with Crippen LogP contribution >= 0.6 is 0 Å². The van der Waals surface area contributed by atoms with E-state index in [1.165, 1.54) is 0 Å². The minimum Gasteiger partial charge on any atom is -0.480 e. The summed E-state index contributed by atoms with van der Waals surface area (Å²) in [6.07, 6.45) is -0.603. The van der Waals surface area contributed by atoms with E-state index in [2.05, 4.69) is 17.4 Å². The number of benzene rings is 3. The Morgan fingerprint density at radius 3 is 2.09 bits per heavy atom. The highest BCUT2D eigenvalue weighted by Crippen LogP contribution is 2.44. The molecule has 1 atom stereocenters. The number of carbonyl (C=O) groups is 2. The minimum atomic E-state index is -1.12. The first-order chi connectivity index (χ1) is 15.6. The largest absolute Gasteiger partial charge is 0.480 e. The standard InChI is InChI=1S/C26H25NO5/c28-25(29)24(14-15-31-16-18-8-2-1-3-9-18)27-26(30)32-17-23-21-12-6-4-10-19(21)20-11-5-7-13-22(20)23/h1-13,23-24H,14-17H2,(H,27,30)(H,28,29). The number of hydrogen-bond acceptors (Lipinski definition) is 4. The number of carboxylic acid groups (broad SMARTS) is 1. The second-order valence-corrected chi connectivity index (χ2v) is 7.69. The molecular weight excluding hydrogens is 406 g/mol. The topological polar surface area (TPSA) is 84.9 Å². The van der Waals surface area contributed by atoms with Gasteiger partial charge in [0.2, 0.25) is 0 Å². The fourth-order valence-corrected chi connectivity index (χ4v) is 4.01. The first-order valence-electron chi connectivity index (χ1n) is 10.6. The van der Waals surface area contributed by atoms with Crippen molar-refractivity contribution in [3.05, 3.63) is 95.6 Å². The molecule has 0 saturated carbocycles. The second-order valence-electron chi connectivity index (χ2n) is 7.69. The first-order valence-corrected chi connectivity index (χ1v) is 10.6. The van der Waals surface area contributed by atoms with Crippen LogP contribution in [0, 0.1) is 0 Å². The molecule has 32 heavy (non-hydrogen) atoms. The van der Waals surface area contributed by atoms with Crippen molar-refractivity contribution in [1.82, 2.24) is 5.32 Å². The number of nitrogens with one attached hydrogen (secondary N) is 1. The molecule has 1 amide bonds. The van der Waals surface area contributed by atoms with E-state index in [1.807, 2.05) is 66.7 Å². The van der Waals surface area contributed by atoms with Gasteiger partial charge >= 0.3 is 12.1 Å². The Morgan fingerprint density at radius 1 is 0.875 bits per heavy atom. The highest BCUT2D eigenvalue weighted by Gasteiger charge is 2.29. The van der Waals surface area contributed by atoms with Crippen LogP contribution in [-0.2, 0) is 20.9 Å². The van der Waals surface area contributed by atoms with Crippen molar-refractivity contribution < 1.29 is 24.2 Å². The zero-order valence-electron chi connectivity index (χ0n) is 17.6. The van der Waals surface area contributed by atoms with E-state index in [1.54, 1.807) is 0 Å². The quantitative estimate of drug-likeness (QED) is 0.484. The lowest BCUT2D eigenvalue weighted by Gasteiger charge is -2.17. The summed E-state index contributed by atoms with van der Waals surface area (Å²) in [4.78, 5) is 23.9. The summed E-state index contributed by atoms with van der Waals surface area (Å²) in [5.41, 5.74) is 5.48. The van der Waals surface area contributed by atoms with Gasteiger partial charge in [-0.15, -0.1) is 0 Å². The molecule has 6 nitrogen and oxygen atoms in total. The maximum Gasteiger partial charge on any atom is 0.407 e. The third-order valence-electron chi connectivity index (χ3n) is 5.60. The van der Waals surface area contributed by atoms with Crippen LogP contribution in [-0.4, -0.2) is 36.4 Å². The van der Waals surface area contributed by atoms with Gasteiger partial charge in [0.15, 0.2) is 0 Å². The average molecular weight is 431 g/mol. The average Bonchev–Trinajstić information content (AvgIpc) is 3.14. The summed E-state index contributed by atoms with van der Waals surface area (Å²) >= 11 is 0. The number of alkyl carbamates (subject to hydrolysis) is 1. The van der Waals surface area contributed by atoms with Gasteiger partial charge in [0, 0.05) is 18.9 Å². The number of fused-ring (bicyclic) bond motifs is 3. The Morgan fingerprint density at radius 2 is 1.47 bits per heavy atom. The molecule has 0 spiro atoms. The monoisotopic (exact) mass is 431 g/mol. The lowest BCUT2D eigenvalue weighted by Crippen LogP contribution is -2.42. The van der Waals surface area contributed by atoms with Crippen LogP contribution in [0.1, 0.15) is 29.0 Å². The maximum atomic E-state index is 12.4. The normalized spacial score (nSPS) is 13.1. The van der Waals surface area contributed by atoms with Crippen LogP contribution in [0.15, 0.2) is 78.9 Å². The van der Waals surface area contributed by atoms with Crippen molar-refractivity contribution in [1.29, 1.82) is 0 Å². The second kappa shape index (κ2) is 10.1. The SMILES string of the molecule is O=C(NC(CCOCc1ccccc1)C(=O)O)OCC1c2ccccc2-c2ccccc21. The summed E-state index contributed by atoms with van der Waals surface area (Å²) in [5, 5.41) is 11.9. The van der Waals surface area contributed by atoms with E-state index < -0.39 is 18.1 Å². The van der Waals surface area contributed by atoms with Crippen molar-refractivity contribution in [2.45, 2.75) is 25.0 Å². The summed E-state index contributed by atoms with van der Waals surface area (Å²) in [5.74, 6) is -1.20. The van der Waals surface area contributed by atoms with Gasteiger partial charge < -0.3 is 19.9 Å². The Kier molecular flexibility index (Phi) is 6.82. The molecule has 4 rings (SSSR count). The van der Waals surface area contributed by atoms with Crippen LogP contribution < -0.4 is 5.32 Å². The van der Waals surface area contributed by atoms with Gasteiger partial charge in [0.1, 0.15) is 12.6 Å². The zero-order chi connectivity index (χ0) is 22.3. The third kappa shape index (κ3) is 4.98. The molecule has 0 aromatic heterocycles. The number of amides is 1. The number of rotatable bonds is 9. The van der Waals surface area contributed by atoms with Crippen LogP contribution in [0.3, 0.4) is 0 Å². The summed E-state index contributed by atoms with van der Waals surface area (Å²) in [6.45, 7) is 0.727. The van der Waals surface area contributed by atoms with Gasteiger partial charge in [-0.2, -0.15) is 0 Å². The highest BCUT2D eigenvalue weighted by atomic mass is 16.5. The molecule has 0 radical (unpaired) electrons. The fraction of sp³-hybridized carbons (Fsp3) is 0.231. The van der Waals surface area contributed by atoms with Crippen molar-refractivity contribution >= 4 is 12.1 Å². The van der Waals surface area contributed by atoms with Gasteiger partial charge in [-0.05, 0) is 27.8 Å². The lowest BCUT2D eigenvalue weighted by molar-refractivity contribution is -0.139. The number of carboxylic acids is 1. The smallest absolute Gasteiger partial charge is 0.407 e. The molecule has 0 bridgehead atoms. The number of ether oxygens (including phenoxy) is 2. The van der Waals surface area contributed by atoms with Gasteiger partial charge in [-0.25, -0.2) is 9.59 Å². The van der Waals surface area contributed by atoms with Crippen LogP contribution in [0.5, 0.6) is 0 Å². The molecule has 0 fully saturated rings. The van der Waals surface area contributed by atoms with Gasteiger partial charge in [0.25, 0.3) is 0 Å². The zero-order valence-corrected chi connectivity index (χ0v) is 17.6. The Bertz CT molecular complexity index is 1040. The van der Waals surface area contributed by atoms with Crippen molar-refractivity contribution in [2.24, 2.45) is 0 Å². The van der Waals surface area contributed by atoms with E-state index in [-0.39, 0.29) is 25.6 Å². The molecule has 3 aromatic rings. The van der Waals surface area contributed by atoms with E-state index in [0.29, 0.717) is 6.61 Å². The van der Waals surface area contributed by atoms with Crippen molar-refractivity contribution in [3.8, 4) is 11.1 Å². The lowest BCUT2D eigenvalue weighted by atomic mass is 9.98. The molecular formula is C26H25NO5. The van der Waals surface area contributed by atoms with E-state index >= 15 is 0 Å². The third-order valence-corrected chi connectivity index (χ3v) is 5.60. The summed E-state index contributed by atoms with van der Waals surface area (Å²) in [6, 6.07) is 24.6. The highest BCUT2D eigenvalue weighted by molar-refractivity contribution is 5.81. The fourth-order valence-electron chi connectivity index (χ4n) is 4.01. The Hall–Kier alpha value is -3.64. The van der Waals surface area contributed by atoms with Crippen LogP contribution in [0.4, 0.5) is 4.79 Å². The van der Waals surface area contributed by atoms with Gasteiger partial charge in [-0.1, -0.05) is 78.9 Å². The predicted molar refractivity (Wildman–Crippen MR) is 120 cm³/mol. The summed E-state index contributed by atoms with van der Waals surface area (Å²) < 4.78 is 11.0. The van der Waals surface area contributed by atoms with Crippen LogP contribution in [0.2, 0.25) is 0 Å². The van der Waals surface area contributed by atoms with E-state index in [9.17, 15) is 14.7 Å². The predicted octanol–water partition coefficient (Wildman–Crippen LogP) is 4.59. The molecule has 0 aliphatic heterocycles. The van der Waals surface area contributed by atoms with Gasteiger partial charge in [-0.3, -0.25) is 0 Å². The molecule has 0 heterocycles. The molecule has 2 N–H and O–H groups in total. The molecule has 1 unspecified atom stereocenters.